The van der Waals surface area contributed by atoms with Crippen molar-refractivity contribution in [1.29, 1.82) is 0 Å². The summed E-state index contributed by atoms with van der Waals surface area (Å²) in [7, 11) is 0. The van der Waals surface area contributed by atoms with Gasteiger partial charge in [0.1, 0.15) is 0 Å². The van der Waals surface area contributed by atoms with Crippen molar-refractivity contribution in [3.8, 4) is 0 Å². The number of hydrogen-bond donors (Lipinski definition) is 0. The van der Waals surface area contributed by atoms with Crippen LogP contribution in [-0.2, 0) is 0 Å². The number of fused-ring (bicyclic) bond motifs is 24. The Labute approximate surface area is 809 Å². The van der Waals surface area contributed by atoms with E-state index in [-0.39, 0.29) is 0 Å². The van der Waals surface area contributed by atoms with Crippen LogP contribution in [0.5, 0.6) is 0 Å². The van der Waals surface area contributed by atoms with E-state index in [0.29, 0.717) is 73.4 Å². The van der Waals surface area contributed by atoms with Gasteiger partial charge in [0, 0.05) is 24.8 Å². The number of benzene rings is 8. The maximum absolute atomic E-state index is 4.36. The molecule has 0 bridgehead atoms. The molecule has 16 aliphatic carbocycles. The lowest BCUT2D eigenvalue weighted by atomic mass is 9.44. The Morgan fingerprint density at radius 2 is 0.588 bits per heavy atom. The molecule has 12 nitrogen and oxygen atoms in total. The van der Waals surface area contributed by atoms with Crippen LogP contribution in [0.15, 0.2) is 255 Å². The summed E-state index contributed by atoms with van der Waals surface area (Å²) in [5.74, 6) is 13.5. The molecule has 28 atom stereocenters. The Morgan fingerprint density at radius 1 is 0.257 bits per heavy atom. The number of rotatable bonds is 8. The normalized spacial score (nSPS) is 39.2. The van der Waals surface area contributed by atoms with Crippen molar-refractivity contribution in [3.05, 3.63) is 277 Å². The maximum Gasteiger partial charge on any atom is 0.0693 e. The Kier molecular flexibility index (Phi) is 22.0. The molecule has 4 heterocycles. The molecule has 4 aromatic heterocycles. The summed E-state index contributed by atoms with van der Waals surface area (Å²) in [6.45, 7) is 21.1. The number of aromatic nitrogens is 12. The summed E-state index contributed by atoms with van der Waals surface area (Å²) in [6.07, 6.45) is 69.0. The second kappa shape index (κ2) is 34.1. The zero-order valence-corrected chi connectivity index (χ0v) is 82.6. The lowest BCUT2D eigenvalue weighted by Gasteiger charge is -2.61. The highest BCUT2D eigenvalue weighted by Gasteiger charge is 2.65. The van der Waals surface area contributed by atoms with Crippen LogP contribution in [0.25, 0.3) is 54.2 Å². The summed E-state index contributed by atoms with van der Waals surface area (Å²) in [6, 6.07) is 66.4. The van der Waals surface area contributed by atoms with E-state index < -0.39 is 0 Å². The molecule has 136 heavy (non-hydrogen) atoms. The molecule has 0 saturated heterocycles. The van der Waals surface area contributed by atoms with Crippen molar-refractivity contribution in [2.24, 2.45) is 126 Å². The van der Waals surface area contributed by atoms with Gasteiger partial charge in [0.05, 0.1) is 49.0 Å². The van der Waals surface area contributed by atoms with Crippen molar-refractivity contribution in [1.82, 2.24) is 60.0 Å². The second-order valence-corrected chi connectivity index (χ2v) is 49.3. The number of nitrogens with zero attached hydrogens (tertiary/aromatic N) is 12. The van der Waals surface area contributed by atoms with E-state index in [1.165, 1.54) is 253 Å². The smallest absolute Gasteiger partial charge is 0.0693 e. The molecule has 0 amide bonds. The first-order valence-corrected chi connectivity index (χ1v) is 54.4. The van der Waals surface area contributed by atoms with Crippen LogP contribution in [0.4, 0.5) is 0 Å². The standard InChI is InChI=1S/C31H39N3.2C31H37N3.C31H35N3/c4*1-30-15-13-25(34-18-17-32-33-34)20-24(30)9-10-26-28-12-11-27(31(28,2)16-14-29(26)30)23-8-7-21-5-3-4-6-22(21)19-23/h3-8,17-19,24-29H,9-16,20H2,1-2H3;3-8,11,17-19,24-26,28-29H,9-10,12-16,20H2,1-2H3;3-9,17-19,25-29H,10-16,20H2,1-2H3;3-9,11,17-19,25-26,28-29H,10,12-16,20H2,1-2H3/t24-,25-,26-,27+,28-,29-,30-,31+;24-,25-,26-,28-,29-,30-,31+;25-,26-,27+,28-,29-,30-,31+;25-,26-,28-,29-,30-,31+/m0000/s1. The minimum atomic E-state index is 0.309. The fourth-order valence-electron chi connectivity index (χ4n) is 37.0. The third kappa shape index (κ3) is 14.4. The Hall–Kier alpha value is -9.68. The van der Waals surface area contributed by atoms with Gasteiger partial charge in [0.2, 0.25) is 0 Å². The Morgan fingerprint density at radius 3 is 1.01 bits per heavy atom. The van der Waals surface area contributed by atoms with Crippen molar-refractivity contribution < 1.29 is 0 Å². The quantitative estimate of drug-likeness (QED) is 0.138. The van der Waals surface area contributed by atoms with Crippen molar-refractivity contribution in [3.63, 3.8) is 0 Å². The molecule has 0 radical (unpaired) electrons. The summed E-state index contributed by atoms with van der Waals surface area (Å²) in [5, 5.41) is 44.7. The van der Waals surface area contributed by atoms with Gasteiger partial charge in [-0.3, -0.25) is 0 Å². The van der Waals surface area contributed by atoms with Gasteiger partial charge in [-0.05, 0) is 432 Å². The predicted molar refractivity (Wildman–Crippen MR) is 551 cm³/mol. The largest absolute Gasteiger partial charge is 0.250 e. The van der Waals surface area contributed by atoms with Gasteiger partial charge in [-0.25, -0.2) is 18.7 Å². The summed E-state index contributed by atoms with van der Waals surface area (Å²) in [5.41, 5.74) is 16.2. The SMILES string of the molecule is C[C@]12CC[C@H](n3ccnn3)CC1=CC[C@@H]1[C@@H]2CC[C@]2(C)C(c3ccc4ccccc4c3)=CC[C@@H]12.C[C@]12CC[C@H](n3ccnn3)C[C@@H]1CC[C@@H]1[C@@H]2CC[C@]2(C)C(c3ccc4ccccc4c3)=CC[C@@H]12.C[C@]12CC[C@H](n3ccnn3)C[C@@H]1CC[C@@H]1[C@@H]2CC[C@]2(C)[C@@H](c3ccc4ccccc4c3)CC[C@@H]12.C[C@]12CC[C@H]3[C@@H](CC=C4C[C@@H](n5ccnn5)CC[C@@]43C)[C@@H]1CC[C@@H]2c1ccc2ccccc2c1. The van der Waals surface area contributed by atoms with Crippen LogP contribution in [0.3, 0.4) is 0 Å². The van der Waals surface area contributed by atoms with E-state index >= 15 is 0 Å². The number of hydrogen-bond acceptors (Lipinski definition) is 8. The zero-order chi connectivity index (χ0) is 91.7. The van der Waals surface area contributed by atoms with E-state index in [0.717, 1.165) is 95.2 Å². The van der Waals surface area contributed by atoms with E-state index in [1.807, 2.05) is 31.0 Å². The minimum absolute atomic E-state index is 0.309. The van der Waals surface area contributed by atoms with Crippen LogP contribution in [0, 0.1) is 126 Å². The van der Waals surface area contributed by atoms with Gasteiger partial charge in [-0.2, -0.15) is 0 Å². The Bertz CT molecular complexity index is 6380. The lowest BCUT2D eigenvalue weighted by molar-refractivity contribution is -0.113. The van der Waals surface area contributed by atoms with E-state index in [4.69, 9.17) is 0 Å². The third-order valence-electron chi connectivity index (χ3n) is 44.3. The van der Waals surface area contributed by atoms with Gasteiger partial charge < -0.3 is 0 Å². The molecule has 8 aromatic carbocycles. The molecule has 16 aliphatic rings. The Balaban J connectivity index is 0.0000000965. The first kappa shape index (κ1) is 87.8. The highest BCUT2D eigenvalue weighted by atomic mass is 15.4. The molecular weight excluding hydrogens is 1660 g/mol. The first-order chi connectivity index (χ1) is 66.2. The summed E-state index contributed by atoms with van der Waals surface area (Å²) < 4.78 is 8.49. The van der Waals surface area contributed by atoms with E-state index in [1.54, 1.807) is 33.4 Å². The summed E-state index contributed by atoms with van der Waals surface area (Å²) >= 11 is 0. The first-order valence-electron chi connectivity index (χ1n) is 54.4. The van der Waals surface area contributed by atoms with Crippen LogP contribution in [0.1, 0.15) is 319 Å². The van der Waals surface area contributed by atoms with Crippen molar-refractivity contribution in [2.75, 3.05) is 0 Å². The van der Waals surface area contributed by atoms with E-state index in [2.05, 4.69) is 328 Å². The fourth-order valence-corrected chi connectivity index (χ4v) is 37.0. The molecule has 704 valence electrons. The zero-order valence-electron chi connectivity index (χ0n) is 82.6. The summed E-state index contributed by atoms with van der Waals surface area (Å²) in [4.78, 5) is 0. The third-order valence-corrected chi connectivity index (χ3v) is 44.3. The highest BCUT2D eigenvalue weighted by Crippen LogP contribution is 2.74. The van der Waals surface area contributed by atoms with Crippen molar-refractivity contribution in [2.45, 2.75) is 297 Å². The van der Waals surface area contributed by atoms with Crippen LogP contribution in [-0.4, -0.2) is 60.0 Å². The molecule has 0 N–H and O–H groups in total. The predicted octanol–water partition coefficient (Wildman–Crippen LogP) is 30.9. The highest BCUT2D eigenvalue weighted by molar-refractivity contribution is 5.89. The lowest BCUT2D eigenvalue weighted by Crippen LogP contribution is -2.53. The van der Waals surface area contributed by atoms with Crippen LogP contribution >= 0.6 is 0 Å². The topological polar surface area (TPSA) is 123 Å². The molecule has 28 rings (SSSR count). The van der Waals surface area contributed by atoms with E-state index in [9.17, 15) is 0 Å². The molecule has 12 saturated carbocycles. The minimum Gasteiger partial charge on any atom is -0.250 e. The van der Waals surface area contributed by atoms with Gasteiger partial charge >= 0.3 is 0 Å². The molecule has 12 aromatic rings. The molecule has 0 spiro atoms. The van der Waals surface area contributed by atoms with Crippen LogP contribution < -0.4 is 0 Å². The average Bonchev–Trinajstić information content (AvgIpc) is 1.48. The monoisotopic (exact) mass is 1810 g/mol. The molecule has 0 unspecified atom stereocenters. The van der Waals surface area contributed by atoms with Gasteiger partial charge in [-0.15, -0.1) is 20.4 Å². The van der Waals surface area contributed by atoms with Crippen molar-refractivity contribution >= 4 is 54.2 Å². The molecule has 12 heteroatoms. The molecule has 0 aliphatic heterocycles. The number of allylic oxidation sites excluding steroid dienone is 8. The molecular formula is C124H148N12. The fraction of sp³-hybridized carbons (Fsp3) is 0.548. The molecule has 12 fully saturated rings. The average molecular weight is 1810 g/mol. The van der Waals surface area contributed by atoms with Gasteiger partial charge in [-0.1, -0.05) is 269 Å². The van der Waals surface area contributed by atoms with Gasteiger partial charge in [0.15, 0.2) is 0 Å². The second-order valence-electron chi connectivity index (χ2n) is 49.3. The van der Waals surface area contributed by atoms with Crippen LogP contribution in [0.2, 0.25) is 0 Å². The maximum atomic E-state index is 4.36. The van der Waals surface area contributed by atoms with Gasteiger partial charge in [0.25, 0.3) is 0 Å².